The van der Waals surface area contributed by atoms with Crippen molar-refractivity contribution in [3.8, 4) is 11.1 Å². The average Bonchev–Trinajstić information content (AvgIpc) is 3.24. The summed E-state index contributed by atoms with van der Waals surface area (Å²) in [6.07, 6.45) is -1.14. The number of rotatable bonds is 4. The third-order valence-corrected chi connectivity index (χ3v) is 5.84. The first kappa shape index (κ1) is 19.4. The van der Waals surface area contributed by atoms with Crippen molar-refractivity contribution in [2.75, 3.05) is 5.73 Å². The molecule has 0 amide bonds. The predicted molar refractivity (Wildman–Crippen MR) is 124 cm³/mol. The molecular formula is C25H24N4O2. The molecule has 2 heterocycles. The molecule has 0 bridgehead atoms. The molecule has 1 unspecified atom stereocenters. The monoisotopic (exact) mass is 412 g/mol. The quantitative estimate of drug-likeness (QED) is 0.295. The first-order valence-electron chi connectivity index (χ1n) is 10.2. The van der Waals surface area contributed by atoms with Crippen molar-refractivity contribution in [2.45, 2.75) is 26.6 Å². The van der Waals surface area contributed by atoms with Gasteiger partial charge in [0.15, 0.2) is 0 Å². The highest BCUT2D eigenvalue weighted by molar-refractivity contribution is 6.12. The summed E-state index contributed by atoms with van der Waals surface area (Å²) in [5.74, 6) is 0.726. The number of nitrogen functional groups attached to an aromatic ring is 1. The molecule has 6 nitrogen and oxygen atoms in total. The lowest BCUT2D eigenvalue weighted by atomic mass is 9.97. The van der Waals surface area contributed by atoms with Gasteiger partial charge in [0.2, 0.25) is 0 Å². The minimum atomic E-state index is -1.14. The number of aromatic nitrogens is 2. The molecule has 5 N–H and O–H groups in total. The normalized spacial score (nSPS) is 12.6. The minimum Gasteiger partial charge on any atom is -0.399 e. The molecule has 0 aliphatic rings. The second-order valence-electron chi connectivity index (χ2n) is 7.95. The number of anilines is 1. The van der Waals surface area contributed by atoms with Crippen molar-refractivity contribution in [1.29, 1.82) is 0 Å². The lowest BCUT2D eigenvalue weighted by Crippen LogP contribution is -2.09. The number of benzene rings is 3. The van der Waals surface area contributed by atoms with Crippen molar-refractivity contribution in [3.05, 3.63) is 83.2 Å². The maximum atomic E-state index is 10.5. The van der Waals surface area contributed by atoms with E-state index < -0.39 is 6.23 Å². The zero-order chi connectivity index (χ0) is 21.7. The van der Waals surface area contributed by atoms with Crippen molar-refractivity contribution in [1.82, 2.24) is 9.72 Å². The van der Waals surface area contributed by atoms with Crippen molar-refractivity contribution >= 4 is 27.5 Å². The largest absolute Gasteiger partial charge is 0.399 e. The van der Waals surface area contributed by atoms with E-state index in [2.05, 4.69) is 27.9 Å². The lowest BCUT2D eigenvalue weighted by molar-refractivity contribution is 0.188. The molecule has 1 atom stereocenters. The second-order valence-corrected chi connectivity index (χ2v) is 7.95. The summed E-state index contributed by atoms with van der Waals surface area (Å²) in [6.45, 7) is 4.48. The van der Waals surface area contributed by atoms with E-state index in [0.717, 1.165) is 44.4 Å². The molecule has 0 radical (unpaired) electrons. The van der Waals surface area contributed by atoms with Crippen LogP contribution in [0.5, 0.6) is 0 Å². The molecule has 0 aliphatic carbocycles. The van der Waals surface area contributed by atoms with Crippen LogP contribution in [0.3, 0.4) is 0 Å². The first-order chi connectivity index (χ1) is 14.9. The van der Waals surface area contributed by atoms with E-state index >= 15 is 0 Å². The van der Waals surface area contributed by atoms with Gasteiger partial charge >= 0.3 is 0 Å². The summed E-state index contributed by atoms with van der Waals surface area (Å²) >= 11 is 0. The van der Waals surface area contributed by atoms with Gasteiger partial charge in [-0.3, -0.25) is 0 Å². The molecule has 31 heavy (non-hydrogen) atoms. The Morgan fingerprint density at radius 1 is 1.03 bits per heavy atom. The van der Waals surface area contributed by atoms with Crippen molar-refractivity contribution in [3.63, 3.8) is 0 Å². The van der Waals surface area contributed by atoms with Gasteiger partial charge in [0.1, 0.15) is 12.0 Å². The second kappa shape index (κ2) is 7.27. The zero-order valence-electron chi connectivity index (χ0n) is 17.5. The van der Waals surface area contributed by atoms with E-state index in [1.807, 2.05) is 56.3 Å². The van der Waals surface area contributed by atoms with Crippen LogP contribution in [0.1, 0.15) is 28.8 Å². The molecule has 0 saturated carbocycles. The average molecular weight is 412 g/mol. The molecule has 2 aromatic heterocycles. The number of aliphatic hydroxyl groups excluding tert-OH is 1. The SMILES string of the molecule is Cc1noc(C)c1-c1cc(C(N)O)c2c3cc(N)ccc3n(Cc3ccccc3)c2c1. The number of fused-ring (bicyclic) bond motifs is 3. The van der Waals surface area contributed by atoms with E-state index in [0.29, 0.717) is 17.8 Å². The van der Waals surface area contributed by atoms with Gasteiger partial charge < -0.3 is 25.7 Å². The van der Waals surface area contributed by atoms with Gasteiger partial charge in [0.25, 0.3) is 0 Å². The number of hydrogen-bond donors (Lipinski definition) is 3. The lowest BCUT2D eigenvalue weighted by Gasteiger charge is -2.13. The third kappa shape index (κ3) is 3.17. The molecule has 0 saturated heterocycles. The van der Waals surface area contributed by atoms with E-state index in [4.69, 9.17) is 16.0 Å². The van der Waals surface area contributed by atoms with Gasteiger partial charge in [-0.15, -0.1) is 0 Å². The Morgan fingerprint density at radius 2 is 1.81 bits per heavy atom. The Morgan fingerprint density at radius 3 is 2.48 bits per heavy atom. The van der Waals surface area contributed by atoms with Gasteiger partial charge in [-0.05, 0) is 55.3 Å². The van der Waals surface area contributed by atoms with Crippen LogP contribution in [0.25, 0.3) is 32.9 Å². The Bertz CT molecular complexity index is 1400. The predicted octanol–water partition coefficient (Wildman–Crippen LogP) is 4.65. The first-order valence-corrected chi connectivity index (χ1v) is 10.2. The Hall–Kier alpha value is -3.61. The van der Waals surface area contributed by atoms with Crippen LogP contribution in [0.4, 0.5) is 5.69 Å². The molecule has 156 valence electrons. The minimum absolute atomic E-state index is 0.648. The van der Waals surface area contributed by atoms with Crippen LogP contribution in [0.15, 0.2) is 65.2 Å². The summed E-state index contributed by atoms with van der Waals surface area (Å²) in [5.41, 5.74) is 19.3. The Kier molecular flexibility index (Phi) is 4.54. The highest BCUT2D eigenvalue weighted by Crippen LogP contribution is 2.39. The fraction of sp³-hybridized carbons (Fsp3) is 0.160. The molecule has 5 aromatic rings. The summed E-state index contributed by atoms with van der Waals surface area (Å²) in [5, 5.41) is 16.5. The smallest absolute Gasteiger partial charge is 0.141 e. The number of aryl methyl sites for hydroxylation is 2. The fourth-order valence-electron chi connectivity index (χ4n) is 4.48. The third-order valence-electron chi connectivity index (χ3n) is 5.84. The zero-order valence-corrected chi connectivity index (χ0v) is 17.5. The van der Waals surface area contributed by atoms with Gasteiger partial charge in [0, 0.05) is 39.6 Å². The fourth-order valence-corrected chi connectivity index (χ4v) is 4.48. The molecular weight excluding hydrogens is 388 g/mol. The van der Waals surface area contributed by atoms with Crippen LogP contribution in [-0.4, -0.2) is 14.8 Å². The van der Waals surface area contributed by atoms with E-state index in [-0.39, 0.29) is 0 Å². The summed E-state index contributed by atoms with van der Waals surface area (Å²) in [7, 11) is 0. The highest BCUT2D eigenvalue weighted by atomic mass is 16.5. The van der Waals surface area contributed by atoms with E-state index in [1.54, 1.807) is 0 Å². The van der Waals surface area contributed by atoms with Gasteiger partial charge in [0.05, 0.1) is 11.2 Å². The maximum absolute atomic E-state index is 10.5. The van der Waals surface area contributed by atoms with Crippen molar-refractivity contribution in [2.24, 2.45) is 5.73 Å². The molecule has 3 aromatic carbocycles. The molecule has 0 spiro atoms. The van der Waals surface area contributed by atoms with Crippen LogP contribution in [0.2, 0.25) is 0 Å². The number of nitrogens with zero attached hydrogens (tertiary/aromatic N) is 2. The maximum Gasteiger partial charge on any atom is 0.141 e. The molecule has 0 aliphatic heterocycles. The Balaban J connectivity index is 1.89. The van der Waals surface area contributed by atoms with Crippen LogP contribution in [-0.2, 0) is 6.54 Å². The van der Waals surface area contributed by atoms with Crippen LogP contribution >= 0.6 is 0 Å². The van der Waals surface area contributed by atoms with Crippen LogP contribution in [0, 0.1) is 13.8 Å². The van der Waals surface area contributed by atoms with Crippen molar-refractivity contribution < 1.29 is 9.63 Å². The molecule has 5 rings (SSSR count). The number of hydrogen-bond acceptors (Lipinski definition) is 5. The number of aliphatic hydroxyl groups is 1. The van der Waals surface area contributed by atoms with E-state index in [9.17, 15) is 5.11 Å². The summed E-state index contributed by atoms with van der Waals surface area (Å²) < 4.78 is 7.64. The molecule has 0 fully saturated rings. The standard InChI is InChI=1S/C25H24N4O2/c1-14-23(15(2)31-28-14)17-10-20(25(27)30)24-19-12-18(26)8-9-21(19)29(22(24)11-17)13-16-6-4-3-5-7-16/h3-12,25,30H,13,26-27H2,1-2H3. The van der Waals surface area contributed by atoms with Crippen LogP contribution < -0.4 is 11.5 Å². The van der Waals surface area contributed by atoms with Gasteiger partial charge in [-0.2, -0.15) is 0 Å². The highest BCUT2D eigenvalue weighted by Gasteiger charge is 2.21. The summed E-state index contributed by atoms with van der Waals surface area (Å²) in [4.78, 5) is 0. The van der Waals surface area contributed by atoms with Gasteiger partial charge in [-0.1, -0.05) is 35.5 Å². The number of nitrogens with two attached hydrogens (primary N) is 2. The van der Waals surface area contributed by atoms with E-state index in [1.165, 1.54) is 5.56 Å². The molecule has 6 heteroatoms. The summed E-state index contributed by atoms with van der Waals surface area (Å²) in [6, 6.07) is 20.2. The Labute approximate surface area is 179 Å². The van der Waals surface area contributed by atoms with Gasteiger partial charge in [-0.25, -0.2) is 0 Å². The topological polar surface area (TPSA) is 103 Å².